The smallest absolute Gasteiger partial charge is 0.408 e. The van der Waals surface area contributed by atoms with Crippen molar-refractivity contribution in [3.63, 3.8) is 0 Å². The van der Waals surface area contributed by atoms with Gasteiger partial charge in [-0.05, 0) is 68.7 Å². The molecule has 0 aliphatic rings. The number of rotatable bonds is 13. The number of hydrogen-bond acceptors (Lipinski definition) is 6. The minimum atomic E-state index is -1.34. The third kappa shape index (κ3) is 9.76. The van der Waals surface area contributed by atoms with Crippen LogP contribution in [0.25, 0.3) is 6.08 Å². The summed E-state index contributed by atoms with van der Waals surface area (Å²) >= 11 is 0. The van der Waals surface area contributed by atoms with Crippen molar-refractivity contribution in [3.8, 4) is 5.75 Å². The molecule has 4 N–H and O–H groups in total. The van der Waals surface area contributed by atoms with Crippen LogP contribution in [0.1, 0.15) is 64.1 Å². The van der Waals surface area contributed by atoms with Gasteiger partial charge in [0.2, 0.25) is 11.8 Å². The number of hydrogen-bond donors (Lipinski definition) is 3. The van der Waals surface area contributed by atoms with Gasteiger partial charge in [0.1, 0.15) is 23.4 Å². The van der Waals surface area contributed by atoms with Crippen LogP contribution in [-0.4, -0.2) is 54.0 Å². The second kappa shape index (κ2) is 14.7. The molecule has 0 aromatic heterocycles. The van der Waals surface area contributed by atoms with Gasteiger partial charge in [-0.2, -0.15) is 0 Å². The lowest BCUT2D eigenvalue weighted by molar-refractivity contribution is -0.142. The summed E-state index contributed by atoms with van der Waals surface area (Å²) in [5.41, 5.74) is 6.39. The maximum atomic E-state index is 14.0. The van der Waals surface area contributed by atoms with Gasteiger partial charge in [-0.1, -0.05) is 44.2 Å². The summed E-state index contributed by atoms with van der Waals surface area (Å²) in [6.07, 6.45) is 1.58. The normalized spacial score (nSPS) is 12.4. The van der Waals surface area contributed by atoms with Gasteiger partial charge in [0.15, 0.2) is 0 Å². The Kier molecular flexibility index (Phi) is 11.7. The number of methoxy groups -OCH3 is 1. The molecule has 0 fully saturated rings. The highest BCUT2D eigenvalue weighted by Gasteiger charge is 2.37. The summed E-state index contributed by atoms with van der Waals surface area (Å²) in [7, 11) is 1.54. The number of carbonyl (C=O) groups excluding carboxylic acids is 4. The maximum absolute atomic E-state index is 14.0. The van der Waals surface area contributed by atoms with Crippen molar-refractivity contribution in [3.05, 3.63) is 66.2 Å². The van der Waals surface area contributed by atoms with E-state index in [1.807, 2.05) is 13.0 Å². The molecule has 0 bridgehead atoms. The van der Waals surface area contributed by atoms with Crippen LogP contribution in [0.2, 0.25) is 0 Å². The van der Waals surface area contributed by atoms with E-state index in [4.69, 9.17) is 15.2 Å². The van der Waals surface area contributed by atoms with Crippen LogP contribution >= 0.6 is 0 Å². The molecular weight excluding hydrogens is 512 g/mol. The maximum Gasteiger partial charge on any atom is 0.408 e. The second-order valence-corrected chi connectivity index (χ2v) is 10.2. The zero-order valence-corrected chi connectivity index (χ0v) is 23.9. The molecular formula is C30H40N4O6. The summed E-state index contributed by atoms with van der Waals surface area (Å²) in [5.74, 6) is -1.30. The SMILES string of the molecule is C=Cc1cccc(C(C(=O)Nc2ccc(OC)cc2)N(CCCC)C(=O)C(CC(N)=O)NC(=O)OC(C)(C)C)c1. The Balaban J connectivity index is 2.55. The van der Waals surface area contributed by atoms with Crippen LogP contribution in [0, 0.1) is 0 Å². The number of amides is 4. The van der Waals surface area contributed by atoms with Crippen LogP contribution in [0.5, 0.6) is 5.75 Å². The Hall–Kier alpha value is -4.34. The van der Waals surface area contributed by atoms with Crippen LogP contribution < -0.4 is 21.1 Å². The van der Waals surface area contributed by atoms with E-state index in [-0.39, 0.29) is 6.54 Å². The number of nitrogens with two attached hydrogens (primary N) is 1. The predicted octanol–water partition coefficient (Wildman–Crippen LogP) is 4.42. The summed E-state index contributed by atoms with van der Waals surface area (Å²) in [6, 6.07) is 11.4. The van der Waals surface area contributed by atoms with E-state index < -0.39 is 47.9 Å². The average Bonchev–Trinajstić information content (AvgIpc) is 2.89. The number of alkyl carbamates (subject to hydrolysis) is 1. The quantitative estimate of drug-likeness (QED) is 0.336. The molecule has 4 amide bonds. The fourth-order valence-electron chi connectivity index (χ4n) is 3.96. The minimum Gasteiger partial charge on any atom is -0.497 e. The van der Waals surface area contributed by atoms with Crippen LogP contribution in [0.3, 0.4) is 0 Å². The minimum absolute atomic E-state index is 0.180. The largest absolute Gasteiger partial charge is 0.497 e. The number of nitrogens with zero attached hydrogens (tertiary/aromatic N) is 1. The van der Waals surface area contributed by atoms with Crippen LogP contribution in [-0.2, 0) is 19.1 Å². The van der Waals surface area contributed by atoms with Crippen molar-refractivity contribution < 1.29 is 28.7 Å². The molecule has 40 heavy (non-hydrogen) atoms. The van der Waals surface area contributed by atoms with Crippen molar-refractivity contribution in [2.24, 2.45) is 5.73 Å². The first-order valence-corrected chi connectivity index (χ1v) is 13.1. The number of benzene rings is 2. The zero-order valence-electron chi connectivity index (χ0n) is 23.9. The van der Waals surface area contributed by atoms with Gasteiger partial charge in [0.25, 0.3) is 5.91 Å². The number of nitrogens with one attached hydrogen (secondary N) is 2. The third-order valence-electron chi connectivity index (χ3n) is 5.81. The standard InChI is InChI=1S/C30H40N4O6/c1-7-9-17-34(28(37)24(19-25(31)35)33-29(38)40-30(3,4)5)26(21-12-10-11-20(8-2)18-21)27(36)32-22-13-15-23(39-6)16-14-22/h8,10-16,18,24,26H,2,7,9,17,19H2,1,3-6H3,(H2,31,35)(H,32,36)(H,33,38). The zero-order chi connectivity index (χ0) is 29.9. The van der Waals surface area contributed by atoms with Crippen molar-refractivity contribution >= 4 is 35.6 Å². The monoisotopic (exact) mass is 552 g/mol. The van der Waals surface area contributed by atoms with Gasteiger partial charge in [-0.15, -0.1) is 0 Å². The molecule has 0 saturated heterocycles. The average molecular weight is 553 g/mol. The molecule has 0 heterocycles. The van der Waals surface area contributed by atoms with E-state index in [2.05, 4.69) is 17.2 Å². The Morgan fingerprint density at radius 1 is 1.10 bits per heavy atom. The van der Waals surface area contributed by atoms with Gasteiger partial charge < -0.3 is 30.7 Å². The molecule has 2 atom stereocenters. The van der Waals surface area contributed by atoms with Crippen molar-refractivity contribution in [1.29, 1.82) is 0 Å². The van der Waals surface area contributed by atoms with E-state index in [1.54, 1.807) is 76.4 Å². The first-order valence-electron chi connectivity index (χ1n) is 13.1. The fourth-order valence-corrected chi connectivity index (χ4v) is 3.96. The van der Waals surface area contributed by atoms with Gasteiger partial charge >= 0.3 is 6.09 Å². The third-order valence-corrected chi connectivity index (χ3v) is 5.81. The molecule has 2 aromatic carbocycles. The predicted molar refractivity (Wildman–Crippen MR) is 154 cm³/mol. The Labute approximate surface area is 235 Å². The molecule has 0 aliphatic carbocycles. The Bertz CT molecular complexity index is 1190. The highest BCUT2D eigenvalue weighted by atomic mass is 16.6. The van der Waals surface area contributed by atoms with Crippen LogP contribution in [0.4, 0.5) is 10.5 Å². The van der Waals surface area contributed by atoms with E-state index in [0.717, 1.165) is 12.0 Å². The van der Waals surface area contributed by atoms with E-state index >= 15 is 0 Å². The highest BCUT2D eigenvalue weighted by molar-refractivity contribution is 5.99. The lowest BCUT2D eigenvalue weighted by Gasteiger charge is -2.34. The lowest BCUT2D eigenvalue weighted by Crippen LogP contribution is -2.53. The van der Waals surface area contributed by atoms with E-state index in [0.29, 0.717) is 23.4 Å². The number of ether oxygens (including phenoxy) is 2. The van der Waals surface area contributed by atoms with Gasteiger partial charge in [0, 0.05) is 12.2 Å². The van der Waals surface area contributed by atoms with Crippen molar-refractivity contribution in [2.75, 3.05) is 19.0 Å². The summed E-state index contributed by atoms with van der Waals surface area (Å²) < 4.78 is 10.5. The molecule has 2 rings (SSSR count). The molecule has 0 radical (unpaired) electrons. The van der Waals surface area contributed by atoms with Gasteiger partial charge in [-0.3, -0.25) is 14.4 Å². The number of primary amides is 1. The Morgan fingerprint density at radius 2 is 1.77 bits per heavy atom. The molecule has 0 saturated carbocycles. The lowest BCUT2D eigenvalue weighted by atomic mass is 9.99. The molecule has 0 spiro atoms. The van der Waals surface area contributed by atoms with Crippen molar-refractivity contribution in [2.45, 2.75) is 64.6 Å². The molecule has 10 heteroatoms. The molecule has 216 valence electrons. The molecule has 2 unspecified atom stereocenters. The first-order chi connectivity index (χ1) is 18.9. The van der Waals surface area contributed by atoms with E-state index in [1.165, 1.54) is 4.90 Å². The molecule has 10 nitrogen and oxygen atoms in total. The van der Waals surface area contributed by atoms with Crippen molar-refractivity contribution in [1.82, 2.24) is 10.2 Å². The van der Waals surface area contributed by atoms with Crippen LogP contribution in [0.15, 0.2) is 55.1 Å². The number of anilines is 1. The topological polar surface area (TPSA) is 140 Å². The number of carbonyl (C=O) groups is 4. The van der Waals surface area contributed by atoms with E-state index in [9.17, 15) is 19.2 Å². The summed E-state index contributed by atoms with van der Waals surface area (Å²) in [4.78, 5) is 53.8. The molecule has 2 aromatic rings. The Morgan fingerprint density at radius 3 is 2.33 bits per heavy atom. The fraction of sp³-hybridized carbons (Fsp3) is 0.400. The highest BCUT2D eigenvalue weighted by Crippen LogP contribution is 2.27. The van der Waals surface area contributed by atoms with Gasteiger partial charge in [0.05, 0.1) is 13.5 Å². The van der Waals surface area contributed by atoms with Gasteiger partial charge in [-0.25, -0.2) is 4.79 Å². The number of unbranched alkanes of at least 4 members (excludes halogenated alkanes) is 1. The summed E-state index contributed by atoms with van der Waals surface area (Å²) in [6.45, 7) is 11.0. The second-order valence-electron chi connectivity index (χ2n) is 10.2. The first kappa shape index (κ1) is 31.9. The summed E-state index contributed by atoms with van der Waals surface area (Å²) in [5, 5.41) is 5.35. The molecule has 0 aliphatic heterocycles.